The van der Waals surface area contributed by atoms with Gasteiger partial charge in [0.2, 0.25) is 5.88 Å². The summed E-state index contributed by atoms with van der Waals surface area (Å²) in [6.07, 6.45) is 14.2. The number of carboxylic acids is 2. The summed E-state index contributed by atoms with van der Waals surface area (Å²) in [5.74, 6) is 1.30. The van der Waals surface area contributed by atoms with Gasteiger partial charge in [-0.05, 0) is 87.8 Å². The van der Waals surface area contributed by atoms with Crippen LogP contribution >= 0.6 is 0 Å². The Morgan fingerprint density at radius 1 is 1.06 bits per heavy atom. The van der Waals surface area contributed by atoms with Gasteiger partial charge in [-0.2, -0.15) is 0 Å². The van der Waals surface area contributed by atoms with E-state index in [1.54, 1.807) is 0 Å². The first-order chi connectivity index (χ1) is 15.9. The summed E-state index contributed by atoms with van der Waals surface area (Å²) in [6.45, 7) is 1.90. The minimum atomic E-state index is -1.26. The second kappa shape index (κ2) is 10.4. The van der Waals surface area contributed by atoms with Gasteiger partial charge in [0, 0.05) is 30.0 Å². The van der Waals surface area contributed by atoms with Crippen LogP contribution in [0.1, 0.15) is 51.4 Å². The lowest BCUT2D eigenvalue weighted by Crippen LogP contribution is -2.58. The van der Waals surface area contributed by atoms with Crippen molar-refractivity contribution in [3.63, 3.8) is 0 Å². The van der Waals surface area contributed by atoms with Gasteiger partial charge in [-0.15, -0.1) is 5.10 Å². The number of nitrogens with one attached hydrogen (secondary N) is 1. The van der Waals surface area contributed by atoms with Crippen molar-refractivity contribution in [1.29, 1.82) is 0 Å². The lowest BCUT2D eigenvalue weighted by molar-refractivity contribution is -0.134. The Labute approximate surface area is 193 Å². The number of carbonyl (C=O) groups is 2. The number of hydrogen-bond acceptors (Lipinski definition) is 5. The van der Waals surface area contributed by atoms with Crippen LogP contribution in [-0.2, 0) is 9.59 Å². The summed E-state index contributed by atoms with van der Waals surface area (Å²) in [6, 6.07) is 8.07. The van der Waals surface area contributed by atoms with Crippen LogP contribution in [0, 0.1) is 17.8 Å². The topological polar surface area (TPSA) is 113 Å². The summed E-state index contributed by atoms with van der Waals surface area (Å²) >= 11 is 0. The predicted octanol–water partition coefficient (Wildman–Crippen LogP) is 3.76. The normalized spacial score (nSPS) is 27.5. The van der Waals surface area contributed by atoms with Crippen LogP contribution in [0.25, 0.3) is 5.52 Å². The molecule has 0 saturated heterocycles. The van der Waals surface area contributed by atoms with Gasteiger partial charge in [-0.1, -0.05) is 6.07 Å². The fourth-order valence-corrected chi connectivity index (χ4v) is 6.21. The van der Waals surface area contributed by atoms with Crippen LogP contribution in [0.2, 0.25) is 0 Å². The van der Waals surface area contributed by atoms with E-state index in [1.165, 1.54) is 44.9 Å². The Morgan fingerprint density at radius 2 is 1.70 bits per heavy atom. The second-order valence-corrected chi connectivity index (χ2v) is 9.74. The van der Waals surface area contributed by atoms with E-state index < -0.39 is 11.9 Å². The van der Waals surface area contributed by atoms with Crippen LogP contribution in [0.4, 0.5) is 0 Å². The molecule has 8 nitrogen and oxygen atoms in total. The lowest BCUT2D eigenvalue weighted by Gasteiger charge is -2.57. The number of carboxylic acid groups (broad SMARTS) is 2. The van der Waals surface area contributed by atoms with Crippen molar-refractivity contribution in [2.75, 3.05) is 13.2 Å². The molecule has 0 aromatic carbocycles. The quantitative estimate of drug-likeness (QED) is 0.390. The molecule has 0 unspecified atom stereocenters. The number of unbranched alkanes of at least 4 members (excludes halogenated alkanes) is 1. The zero-order chi connectivity index (χ0) is 23.3. The maximum Gasteiger partial charge on any atom is 0.328 e. The number of aliphatic carboxylic acids is 2. The SMILES string of the molecule is O=C(O)/C=C\C(=O)O.c1ccn2nc(OCCCCNC34CC5CC(CC(C5)C3)C4)cc2c1. The van der Waals surface area contributed by atoms with Crippen molar-refractivity contribution in [3.05, 3.63) is 42.6 Å². The molecule has 0 amide bonds. The van der Waals surface area contributed by atoms with Crippen LogP contribution in [0.3, 0.4) is 0 Å². The van der Waals surface area contributed by atoms with E-state index >= 15 is 0 Å². The smallest absolute Gasteiger partial charge is 0.328 e. The number of fused-ring (bicyclic) bond motifs is 1. The van der Waals surface area contributed by atoms with E-state index in [4.69, 9.17) is 14.9 Å². The van der Waals surface area contributed by atoms with Gasteiger partial charge >= 0.3 is 11.9 Å². The van der Waals surface area contributed by atoms with E-state index in [2.05, 4.69) is 16.5 Å². The van der Waals surface area contributed by atoms with Crippen molar-refractivity contribution >= 4 is 17.5 Å². The molecule has 3 N–H and O–H groups in total. The van der Waals surface area contributed by atoms with Crippen molar-refractivity contribution < 1.29 is 24.5 Å². The predicted molar refractivity (Wildman–Crippen MR) is 123 cm³/mol. The fourth-order valence-electron chi connectivity index (χ4n) is 6.21. The van der Waals surface area contributed by atoms with Gasteiger partial charge in [0.15, 0.2) is 0 Å². The molecule has 4 fully saturated rings. The maximum atomic E-state index is 9.55. The molecule has 4 saturated carbocycles. The van der Waals surface area contributed by atoms with E-state index in [0.29, 0.717) is 17.7 Å². The third-order valence-electron chi connectivity index (χ3n) is 7.08. The Morgan fingerprint density at radius 3 is 2.27 bits per heavy atom. The van der Waals surface area contributed by atoms with Gasteiger partial charge in [0.25, 0.3) is 0 Å². The average molecular weight is 456 g/mol. The van der Waals surface area contributed by atoms with Crippen LogP contribution in [-0.4, -0.2) is 50.5 Å². The second-order valence-electron chi connectivity index (χ2n) is 9.74. The molecule has 2 heterocycles. The first-order valence-electron chi connectivity index (χ1n) is 11.9. The minimum Gasteiger partial charge on any atom is -0.478 e. The molecular weight excluding hydrogens is 422 g/mol. The Bertz CT molecular complexity index is 915. The first kappa shape index (κ1) is 23.3. The monoisotopic (exact) mass is 455 g/mol. The van der Waals surface area contributed by atoms with Crippen molar-refractivity contribution in [2.24, 2.45) is 17.8 Å². The molecule has 33 heavy (non-hydrogen) atoms. The zero-order valence-electron chi connectivity index (χ0n) is 18.9. The maximum absolute atomic E-state index is 9.55. The summed E-state index contributed by atoms with van der Waals surface area (Å²) in [5.41, 5.74) is 1.58. The third kappa shape index (κ3) is 6.35. The van der Waals surface area contributed by atoms with Gasteiger partial charge in [0.1, 0.15) is 0 Å². The highest BCUT2D eigenvalue weighted by Gasteiger charge is 2.50. The largest absolute Gasteiger partial charge is 0.478 e. The Kier molecular flexibility index (Phi) is 7.33. The van der Waals surface area contributed by atoms with E-state index in [9.17, 15) is 9.59 Å². The number of nitrogens with zero attached hydrogens (tertiary/aromatic N) is 2. The fraction of sp³-hybridized carbons (Fsp3) is 0.560. The molecule has 0 atom stereocenters. The van der Waals surface area contributed by atoms with E-state index in [1.807, 2.05) is 28.9 Å². The molecule has 8 heteroatoms. The van der Waals surface area contributed by atoms with Gasteiger partial charge in [-0.3, -0.25) is 0 Å². The van der Waals surface area contributed by atoms with Crippen molar-refractivity contribution in [1.82, 2.24) is 14.9 Å². The molecular formula is C25H33N3O5. The molecule has 178 valence electrons. The standard InChI is InChI=1S/C21H29N3O.C4H4O4/c1-3-7-24-19(5-1)12-20(23-24)25-8-4-2-6-22-21-13-16-9-17(14-21)11-18(10-16)15-21;5-3(6)1-2-4(7)8/h1,3,5,7,12,16-18,22H,2,4,6,8-11,13-15H2;1-2H,(H,5,6)(H,7,8)/b;2-1-. The van der Waals surface area contributed by atoms with Crippen LogP contribution in [0.15, 0.2) is 42.6 Å². The summed E-state index contributed by atoms with van der Waals surface area (Å²) in [7, 11) is 0. The first-order valence-corrected chi connectivity index (χ1v) is 11.9. The van der Waals surface area contributed by atoms with Gasteiger partial charge < -0.3 is 20.3 Å². The number of ether oxygens (including phenoxy) is 1. The third-order valence-corrected chi connectivity index (χ3v) is 7.08. The minimum absolute atomic E-state index is 0.497. The summed E-state index contributed by atoms with van der Waals surface area (Å²) in [4.78, 5) is 19.1. The highest BCUT2D eigenvalue weighted by Crippen LogP contribution is 2.55. The molecule has 2 aromatic heterocycles. The molecule has 4 aliphatic rings. The highest BCUT2D eigenvalue weighted by atomic mass is 16.5. The number of hydrogen-bond donors (Lipinski definition) is 3. The molecule has 0 radical (unpaired) electrons. The lowest BCUT2D eigenvalue weighted by atomic mass is 9.53. The molecule has 4 aliphatic carbocycles. The van der Waals surface area contributed by atoms with Crippen molar-refractivity contribution in [3.8, 4) is 5.88 Å². The van der Waals surface area contributed by atoms with E-state index in [-0.39, 0.29) is 0 Å². The zero-order valence-corrected chi connectivity index (χ0v) is 18.9. The number of aromatic nitrogens is 2. The van der Waals surface area contributed by atoms with E-state index in [0.717, 1.165) is 48.7 Å². The summed E-state index contributed by atoms with van der Waals surface area (Å²) < 4.78 is 7.69. The average Bonchev–Trinajstić information content (AvgIpc) is 3.17. The van der Waals surface area contributed by atoms with Gasteiger partial charge in [-0.25, -0.2) is 14.1 Å². The molecule has 2 aromatic rings. The Balaban J connectivity index is 0.000000281. The molecule has 0 spiro atoms. The molecule has 4 bridgehead atoms. The van der Waals surface area contributed by atoms with Crippen molar-refractivity contribution in [2.45, 2.75) is 56.9 Å². The molecule has 6 rings (SSSR count). The highest BCUT2D eigenvalue weighted by molar-refractivity contribution is 5.89. The summed E-state index contributed by atoms with van der Waals surface area (Å²) in [5, 5.41) is 24.0. The molecule has 0 aliphatic heterocycles. The Hall–Kier alpha value is -2.87. The van der Waals surface area contributed by atoms with Crippen LogP contribution < -0.4 is 10.1 Å². The number of rotatable bonds is 9. The number of pyridine rings is 1. The van der Waals surface area contributed by atoms with Gasteiger partial charge in [0.05, 0.1) is 12.1 Å². The van der Waals surface area contributed by atoms with Crippen LogP contribution in [0.5, 0.6) is 5.88 Å².